The average molecular weight is 1010 g/mol. The second-order valence-corrected chi connectivity index (χ2v) is 24.2. The van der Waals surface area contributed by atoms with Gasteiger partial charge in [0.25, 0.3) is 7.82 Å². The molecule has 3 unspecified atom stereocenters. The second-order valence-electron chi connectivity index (χ2n) is 22.8. The SMILES string of the molecule is CCCCCCCC/C=C/C(O)C(COP(=O)([O-])OCC[N+](C)(C)C)NC(=O)CCCCCCCCCCCCCCCCCCCCCCCCCCCCCCCCCCCCCCCCCC. The minimum absolute atomic E-state index is 0.00180. The molecule has 418 valence electrons. The van der Waals surface area contributed by atoms with Crippen LogP contribution in [0.5, 0.6) is 0 Å². The van der Waals surface area contributed by atoms with Gasteiger partial charge >= 0.3 is 0 Å². The Morgan fingerprint density at radius 3 is 1.07 bits per heavy atom. The summed E-state index contributed by atoms with van der Waals surface area (Å²) in [4.78, 5) is 25.3. The molecular weight excluding hydrogens is 888 g/mol. The quantitative estimate of drug-likeness (QED) is 0.0272. The monoisotopic (exact) mass is 1010 g/mol. The van der Waals surface area contributed by atoms with Gasteiger partial charge in [0.05, 0.1) is 39.9 Å². The summed E-state index contributed by atoms with van der Waals surface area (Å²) in [6.07, 6.45) is 66.5. The van der Waals surface area contributed by atoms with Gasteiger partial charge in [-0.25, -0.2) is 0 Å². The van der Waals surface area contributed by atoms with E-state index < -0.39 is 20.0 Å². The number of quaternary nitrogens is 1. The molecule has 3 atom stereocenters. The molecule has 0 radical (unpaired) electrons. The van der Waals surface area contributed by atoms with Crippen molar-refractivity contribution in [2.24, 2.45) is 0 Å². The highest BCUT2D eigenvalue weighted by Gasteiger charge is 2.23. The van der Waals surface area contributed by atoms with Crippen molar-refractivity contribution in [3.63, 3.8) is 0 Å². The molecule has 0 saturated carbocycles. The molecule has 0 aliphatic carbocycles. The van der Waals surface area contributed by atoms with Gasteiger partial charge < -0.3 is 28.8 Å². The van der Waals surface area contributed by atoms with Gasteiger partial charge in [0.15, 0.2) is 0 Å². The van der Waals surface area contributed by atoms with Gasteiger partial charge in [-0.2, -0.15) is 0 Å². The van der Waals surface area contributed by atoms with Gasteiger partial charge in [0.2, 0.25) is 5.91 Å². The largest absolute Gasteiger partial charge is 0.756 e. The molecule has 0 saturated heterocycles. The van der Waals surface area contributed by atoms with Gasteiger partial charge in [-0.15, -0.1) is 0 Å². The molecule has 0 rings (SSSR count). The lowest BCUT2D eigenvalue weighted by atomic mass is 10.0. The van der Waals surface area contributed by atoms with Crippen LogP contribution >= 0.6 is 7.82 Å². The second kappa shape index (κ2) is 53.1. The summed E-state index contributed by atoms with van der Waals surface area (Å²) in [5, 5.41) is 13.7. The van der Waals surface area contributed by atoms with Crippen molar-refractivity contribution in [2.45, 2.75) is 334 Å². The number of carbonyl (C=O) groups excluding carboxylic acids is 1. The van der Waals surface area contributed by atoms with E-state index in [9.17, 15) is 19.4 Å². The number of unbranched alkanes of at least 4 members (excludes halogenated alkanes) is 45. The number of hydrogen-bond acceptors (Lipinski definition) is 6. The fourth-order valence-electron chi connectivity index (χ4n) is 9.63. The lowest BCUT2D eigenvalue weighted by Gasteiger charge is -2.29. The van der Waals surface area contributed by atoms with Gasteiger partial charge in [-0.05, 0) is 19.3 Å². The fraction of sp³-hybridized carbons (Fsp3) is 0.951. The Kier molecular flexibility index (Phi) is 52.5. The molecule has 0 aliphatic rings. The number of phosphoric acid groups is 1. The fourth-order valence-corrected chi connectivity index (χ4v) is 10.4. The Balaban J connectivity index is 3.70. The average Bonchev–Trinajstić information content (AvgIpc) is 3.32. The number of phosphoric ester groups is 1. The molecule has 70 heavy (non-hydrogen) atoms. The first-order valence-corrected chi connectivity index (χ1v) is 32.5. The van der Waals surface area contributed by atoms with E-state index in [1.165, 1.54) is 263 Å². The van der Waals surface area contributed by atoms with E-state index in [1.54, 1.807) is 6.08 Å². The molecule has 0 bridgehead atoms. The van der Waals surface area contributed by atoms with Crippen molar-refractivity contribution < 1.29 is 32.9 Å². The Labute approximate surface area is 437 Å². The maximum Gasteiger partial charge on any atom is 0.268 e. The maximum absolute atomic E-state index is 12.9. The van der Waals surface area contributed by atoms with Crippen molar-refractivity contribution in [1.29, 1.82) is 0 Å². The van der Waals surface area contributed by atoms with E-state index in [0.717, 1.165) is 38.5 Å². The first-order valence-electron chi connectivity index (χ1n) is 31.1. The number of nitrogens with one attached hydrogen (secondary N) is 1. The van der Waals surface area contributed by atoms with E-state index in [0.29, 0.717) is 17.4 Å². The summed E-state index contributed by atoms with van der Waals surface area (Å²) in [6.45, 7) is 4.64. The number of hydrogen-bond donors (Lipinski definition) is 2. The molecule has 0 fully saturated rings. The number of rotatable bonds is 58. The minimum atomic E-state index is -4.58. The topological polar surface area (TPSA) is 108 Å². The van der Waals surface area contributed by atoms with Crippen LogP contribution < -0.4 is 10.2 Å². The van der Waals surface area contributed by atoms with E-state index in [-0.39, 0.29) is 19.1 Å². The van der Waals surface area contributed by atoms with E-state index in [1.807, 2.05) is 27.2 Å². The molecular formula is C61H123N2O6P. The molecule has 1 amide bonds. The first-order chi connectivity index (χ1) is 34.0. The lowest BCUT2D eigenvalue weighted by molar-refractivity contribution is -0.870. The van der Waals surface area contributed by atoms with Crippen molar-refractivity contribution in [2.75, 3.05) is 40.9 Å². The maximum atomic E-state index is 12.9. The van der Waals surface area contributed by atoms with Gasteiger partial charge in [-0.3, -0.25) is 9.36 Å². The van der Waals surface area contributed by atoms with Gasteiger partial charge in [0.1, 0.15) is 13.2 Å². The summed E-state index contributed by atoms with van der Waals surface area (Å²) < 4.78 is 23.2. The highest BCUT2D eigenvalue weighted by Crippen LogP contribution is 2.38. The summed E-state index contributed by atoms with van der Waals surface area (Å²) in [5.41, 5.74) is 0. The van der Waals surface area contributed by atoms with Crippen LogP contribution in [-0.2, 0) is 18.4 Å². The van der Waals surface area contributed by atoms with Gasteiger partial charge in [-0.1, -0.05) is 309 Å². The normalized spacial score (nSPS) is 13.9. The van der Waals surface area contributed by atoms with Crippen LogP contribution in [0.3, 0.4) is 0 Å². The summed E-state index contributed by atoms with van der Waals surface area (Å²) in [5.74, 6) is -0.194. The summed E-state index contributed by atoms with van der Waals surface area (Å²) in [7, 11) is 1.27. The number of nitrogens with zero attached hydrogens (tertiary/aromatic N) is 1. The number of carbonyl (C=O) groups is 1. The number of likely N-dealkylation sites (N-methyl/N-ethyl adjacent to an activating group) is 1. The highest BCUT2D eigenvalue weighted by atomic mass is 31.2. The third kappa shape index (κ3) is 55.0. The zero-order chi connectivity index (χ0) is 51.3. The Morgan fingerprint density at radius 1 is 0.486 bits per heavy atom. The van der Waals surface area contributed by atoms with Crippen LogP contribution in [0.4, 0.5) is 0 Å². The standard InChI is InChI=1S/C61H123N2O6P/c1-6-8-10-12-14-16-17-18-19-20-21-22-23-24-25-26-27-28-29-30-31-32-33-34-35-36-37-38-39-40-41-42-43-44-45-46-47-49-51-53-55-61(65)62-59(58-69-70(66,67)68-57-56-63(3,4)5)60(64)54-52-50-48-15-13-11-9-7-2/h52,54,59-60,64H,6-51,53,55-58H2,1-5H3,(H-,62,65,66,67)/b54-52+. The van der Waals surface area contributed by atoms with Crippen LogP contribution in [0.15, 0.2) is 12.2 Å². The van der Waals surface area contributed by atoms with Crippen LogP contribution in [0.25, 0.3) is 0 Å². The lowest BCUT2D eigenvalue weighted by Crippen LogP contribution is -2.45. The molecule has 0 aromatic carbocycles. The smallest absolute Gasteiger partial charge is 0.268 e. The third-order valence-corrected chi connectivity index (χ3v) is 15.5. The highest BCUT2D eigenvalue weighted by molar-refractivity contribution is 7.45. The van der Waals surface area contributed by atoms with Crippen molar-refractivity contribution in [3.05, 3.63) is 12.2 Å². The Hall–Kier alpha value is -0.760. The van der Waals surface area contributed by atoms with E-state index >= 15 is 0 Å². The molecule has 0 aromatic heterocycles. The van der Waals surface area contributed by atoms with Crippen LogP contribution in [0, 0.1) is 0 Å². The zero-order valence-electron chi connectivity index (χ0n) is 47.8. The number of allylic oxidation sites excluding steroid dienone is 1. The first kappa shape index (κ1) is 69.2. The van der Waals surface area contributed by atoms with Crippen LogP contribution in [0.1, 0.15) is 322 Å². The molecule has 0 spiro atoms. The summed E-state index contributed by atoms with van der Waals surface area (Å²) in [6, 6.07) is -0.879. The van der Waals surface area contributed by atoms with E-state index in [4.69, 9.17) is 9.05 Å². The number of aliphatic hydroxyl groups excluding tert-OH is 1. The van der Waals surface area contributed by atoms with Crippen molar-refractivity contribution in [3.8, 4) is 0 Å². The Bertz CT molecular complexity index is 1150. The van der Waals surface area contributed by atoms with Gasteiger partial charge in [0, 0.05) is 6.42 Å². The molecule has 0 aliphatic heterocycles. The van der Waals surface area contributed by atoms with Crippen molar-refractivity contribution in [1.82, 2.24) is 5.32 Å². The minimum Gasteiger partial charge on any atom is -0.756 e. The number of amides is 1. The predicted octanol–water partition coefficient (Wildman–Crippen LogP) is 18.4. The van der Waals surface area contributed by atoms with Crippen molar-refractivity contribution >= 4 is 13.7 Å². The molecule has 0 aromatic rings. The Morgan fingerprint density at radius 2 is 0.771 bits per heavy atom. The summed E-state index contributed by atoms with van der Waals surface area (Å²) >= 11 is 0. The molecule has 0 heterocycles. The molecule has 2 N–H and O–H groups in total. The van der Waals surface area contributed by atoms with E-state index in [2.05, 4.69) is 19.2 Å². The molecule has 9 heteroatoms. The zero-order valence-corrected chi connectivity index (χ0v) is 48.6. The van der Waals surface area contributed by atoms with Crippen LogP contribution in [0.2, 0.25) is 0 Å². The van der Waals surface area contributed by atoms with Crippen LogP contribution in [-0.4, -0.2) is 68.5 Å². The third-order valence-electron chi connectivity index (χ3n) is 14.5. The predicted molar refractivity (Wildman–Crippen MR) is 302 cm³/mol. The number of aliphatic hydroxyl groups is 1. The molecule has 8 nitrogen and oxygen atoms in total.